The summed E-state index contributed by atoms with van der Waals surface area (Å²) in [5, 5.41) is 0. The number of ketones is 1. The van der Waals surface area contributed by atoms with Crippen LogP contribution in [0.4, 0.5) is 0 Å². The van der Waals surface area contributed by atoms with Crippen molar-refractivity contribution >= 4 is 15.8 Å². The van der Waals surface area contributed by atoms with E-state index >= 15 is 0 Å². The van der Waals surface area contributed by atoms with Crippen LogP contribution in [0.3, 0.4) is 0 Å². The van der Waals surface area contributed by atoms with Crippen molar-refractivity contribution < 1.29 is 13.2 Å². The summed E-state index contributed by atoms with van der Waals surface area (Å²) < 4.78 is 24.5. The van der Waals surface area contributed by atoms with Gasteiger partial charge in [0.25, 0.3) is 0 Å². The lowest BCUT2D eigenvalue weighted by Gasteiger charge is -2.06. The van der Waals surface area contributed by atoms with Gasteiger partial charge in [0.15, 0.2) is 0 Å². The minimum absolute atomic E-state index is 0.0817. The van der Waals surface area contributed by atoms with Crippen molar-refractivity contribution in [3.63, 3.8) is 0 Å². The van der Waals surface area contributed by atoms with Crippen molar-refractivity contribution in [2.24, 2.45) is 5.92 Å². The van der Waals surface area contributed by atoms with E-state index in [2.05, 4.69) is 4.72 Å². The molecule has 5 heteroatoms. The Balaban J connectivity index is 3.96. The summed E-state index contributed by atoms with van der Waals surface area (Å²) in [6, 6.07) is 0. The van der Waals surface area contributed by atoms with Gasteiger partial charge in [-0.25, -0.2) is 13.1 Å². The molecule has 0 spiro atoms. The number of Topliss-reactive ketones (excluding diaryl/α,β-unsaturated/α-hetero) is 1. The summed E-state index contributed by atoms with van der Waals surface area (Å²) >= 11 is 0. The second-order valence-corrected chi connectivity index (χ2v) is 5.19. The van der Waals surface area contributed by atoms with Gasteiger partial charge >= 0.3 is 0 Å². The van der Waals surface area contributed by atoms with Crippen molar-refractivity contribution in [3.8, 4) is 0 Å². The lowest BCUT2D eigenvalue weighted by Crippen LogP contribution is -2.33. The smallest absolute Gasteiger partial charge is 0.211 e. The van der Waals surface area contributed by atoms with Crippen LogP contribution in [-0.2, 0) is 14.8 Å². The van der Waals surface area contributed by atoms with Gasteiger partial charge in [-0.2, -0.15) is 0 Å². The fraction of sp³-hybridized carbons (Fsp3) is 0.875. The Bertz CT molecular complexity index is 257. The number of hydrogen-bond donors (Lipinski definition) is 1. The predicted molar refractivity (Wildman–Crippen MR) is 51.9 cm³/mol. The van der Waals surface area contributed by atoms with Gasteiger partial charge in [0.2, 0.25) is 10.0 Å². The average molecular weight is 207 g/mol. The SMILES string of the molecule is CCCS(=O)(=O)NCC(=O)C(C)C. The molecular formula is C8H17NO3S. The molecule has 1 N–H and O–H groups in total. The van der Waals surface area contributed by atoms with Gasteiger partial charge in [0, 0.05) is 5.92 Å². The highest BCUT2D eigenvalue weighted by Gasteiger charge is 2.12. The van der Waals surface area contributed by atoms with E-state index in [1.807, 2.05) is 0 Å². The first-order chi connectivity index (χ1) is 5.89. The maximum Gasteiger partial charge on any atom is 0.211 e. The Hall–Kier alpha value is -0.420. The van der Waals surface area contributed by atoms with E-state index in [1.165, 1.54) is 0 Å². The van der Waals surface area contributed by atoms with E-state index in [0.717, 1.165) is 0 Å². The summed E-state index contributed by atoms with van der Waals surface area (Å²) in [5.41, 5.74) is 0. The molecule has 0 aliphatic heterocycles. The maximum atomic E-state index is 11.1. The molecule has 0 aliphatic rings. The fourth-order valence-electron chi connectivity index (χ4n) is 0.726. The number of nitrogens with one attached hydrogen (secondary N) is 1. The highest BCUT2D eigenvalue weighted by atomic mass is 32.2. The van der Waals surface area contributed by atoms with Crippen LogP contribution in [0, 0.1) is 5.92 Å². The topological polar surface area (TPSA) is 63.2 Å². The zero-order valence-corrected chi connectivity index (χ0v) is 9.15. The molecule has 0 radical (unpaired) electrons. The van der Waals surface area contributed by atoms with Crippen LogP contribution >= 0.6 is 0 Å². The molecule has 0 atom stereocenters. The number of rotatable bonds is 6. The van der Waals surface area contributed by atoms with Gasteiger partial charge < -0.3 is 0 Å². The van der Waals surface area contributed by atoms with Crippen LogP contribution in [0.5, 0.6) is 0 Å². The van der Waals surface area contributed by atoms with Crippen molar-refractivity contribution in [1.29, 1.82) is 0 Å². The Morgan fingerprint density at radius 3 is 2.31 bits per heavy atom. The summed E-state index contributed by atoms with van der Waals surface area (Å²) in [4.78, 5) is 11.1. The van der Waals surface area contributed by atoms with Crippen LogP contribution in [0.2, 0.25) is 0 Å². The molecule has 0 aromatic carbocycles. The monoisotopic (exact) mass is 207 g/mol. The van der Waals surface area contributed by atoms with Crippen molar-refractivity contribution in [1.82, 2.24) is 4.72 Å². The summed E-state index contributed by atoms with van der Waals surface area (Å²) in [5.74, 6) is -0.123. The van der Waals surface area contributed by atoms with E-state index in [1.54, 1.807) is 20.8 Å². The summed E-state index contributed by atoms with van der Waals surface area (Å²) in [6.07, 6.45) is 0.561. The quantitative estimate of drug-likeness (QED) is 0.691. The molecule has 13 heavy (non-hydrogen) atoms. The van der Waals surface area contributed by atoms with Crippen molar-refractivity contribution in [2.75, 3.05) is 12.3 Å². The number of hydrogen-bond acceptors (Lipinski definition) is 3. The highest BCUT2D eigenvalue weighted by Crippen LogP contribution is 1.94. The third-order valence-corrected chi connectivity index (χ3v) is 3.11. The first-order valence-corrected chi connectivity index (χ1v) is 6.04. The fourth-order valence-corrected chi connectivity index (χ4v) is 1.77. The molecule has 78 valence electrons. The molecule has 0 unspecified atom stereocenters. The van der Waals surface area contributed by atoms with Gasteiger partial charge in [0.1, 0.15) is 5.78 Å². The van der Waals surface area contributed by atoms with Crippen LogP contribution < -0.4 is 4.72 Å². The van der Waals surface area contributed by atoms with Crippen molar-refractivity contribution in [3.05, 3.63) is 0 Å². The normalized spacial score (nSPS) is 12.0. The zero-order valence-electron chi connectivity index (χ0n) is 8.33. The van der Waals surface area contributed by atoms with Crippen LogP contribution in [0.25, 0.3) is 0 Å². The minimum Gasteiger partial charge on any atom is -0.298 e. The minimum atomic E-state index is -3.23. The van der Waals surface area contributed by atoms with Gasteiger partial charge in [-0.1, -0.05) is 20.8 Å². The predicted octanol–water partition coefficient (Wildman–Crippen LogP) is 0.541. The van der Waals surface area contributed by atoms with Gasteiger partial charge in [-0.05, 0) is 6.42 Å². The van der Waals surface area contributed by atoms with Gasteiger partial charge in [0.05, 0.1) is 12.3 Å². The number of sulfonamides is 1. The largest absolute Gasteiger partial charge is 0.298 e. The van der Waals surface area contributed by atoms with E-state index in [4.69, 9.17) is 0 Å². The molecule has 0 amide bonds. The molecule has 0 aromatic rings. The lowest BCUT2D eigenvalue weighted by atomic mass is 10.1. The Morgan fingerprint density at radius 1 is 1.38 bits per heavy atom. The molecule has 0 heterocycles. The molecular weight excluding hydrogens is 190 g/mol. The van der Waals surface area contributed by atoms with E-state index < -0.39 is 10.0 Å². The molecule has 0 saturated carbocycles. The second kappa shape index (κ2) is 5.34. The Labute approximate surface area is 79.8 Å². The summed E-state index contributed by atoms with van der Waals surface area (Å²) in [7, 11) is -3.23. The average Bonchev–Trinajstić information content (AvgIpc) is 2.00. The first kappa shape index (κ1) is 12.6. The highest BCUT2D eigenvalue weighted by molar-refractivity contribution is 7.89. The molecule has 0 saturated heterocycles. The lowest BCUT2D eigenvalue weighted by molar-refractivity contribution is -0.120. The third kappa shape index (κ3) is 5.76. The Kier molecular flexibility index (Phi) is 5.17. The number of carbonyl (C=O) groups excluding carboxylic acids is 1. The van der Waals surface area contributed by atoms with E-state index in [-0.39, 0.29) is 24.0 Å². The zero-order chi connectivity index (χ0) is 10.5. The second-order valence-electron chi connectivity index (χ2n) is 3.26. The van der Waals surface area contributed by atoms with Gasteiger partial charge in [-0.15, -0.1) is 0 Å². The third-order valence-electron chi connectivity index (χ3n) is 1.58. The van der Waals surface area contributed by atoms with Crippen LogP contribution in [-0.4, -0.2) is 26.5 Å². The van der Waals surface area contributed by atoms with Crippen LogP contribution in [0.1, 0.15) is 27.2 Å². The molecule has 0 rings (SSSR count). The summed E-state index contributed by atoms with van der Waals surface area (Å²) in [6.45, 7) is 5.19. The van der Waals surface area contributed by atoms with Crippen molar-refractivity contribution in [2.45, 2.75) is 27.2 Å². The first-order valence-electron chi connectivity index (χ1n) is 4.39. The number of carbonyl (C=O) groups is 1. The standard InChI is InChI=1S/C8H17NO3S/c1-4-5-13(11,12)9-6-8(10)7(2)3/h7,9H,4-6H2,1-3H3. The molecule has 0 bridgehead atoms. The Morgan fingerprint density at radius 2 is 1.92 bits per heavy atom. The van der Waals surface area contributed by atoms with E-state index in [0.29, 0.717) is 6.42 Å². The van der Waals surface area contributed by atoms with Gasteiger partial charge in [-0.3, -0.25) is 4.79 Å². The van der Waals surface area contributed by atoms with Crippen LogP contribution in [0.15, 0.2) is 0 Å². The molecule has 0 aliphatic carbocycles. The molecule has 4 nitrogen and oxygen atoms in total. The van der Waals surface area contributed by atoms with E-state index in [9.17, 15) is 13.2 Å². The molecule has 0 fully saturated rings. The molecule has 0 aromatic heterocycles. The maximum absolute atomic E-state index is 11.1.